The molecule has 1 N–H and O–H groups in total. The highest BCUT2D eigenvalue weighted by Crippen LogP contribution is 2.16. The molecule has 0 saturated heterocycles. The van der Waals surface area contributed by atoms with Gasteiger partial charge < -0.3 is 10.1 Å². The summed E-state index contributed by atoms with van der Waals surface area (Å²) in [7, 11) is 0. The molecule has 0 unspecified atom stereocenters. The summed E-state index contributed by atoms with van der Waals surface area (Å²) in [6, 6.07) is 9.88. The van der Waals surface area contributed by atoms with Gasteiger partial charge in [-0.2, -0.15) is 8.78 Å². The van der Waals surface area contributed by atoms with Crippen LogP contribution in [0.4, 0.5) is 13.2 Å². The topological polar surface area (TPSA) is 38.3 Å². The second kappa shape index (κ2) is 7.87. The number of amides is 1. The maximum absolute atomic E-state index is 13.6. The van der Waals surface area contributed by atoms with E-state index in [0.717, 1.165) is 11.6 Å². The lowest BCUT2D eigenvalue weighted by molar-refractivity contribution is -0.0498. The van der Waals surface area contributed by atoms with E-state index in [4.69, 9.17) is 11.6 Å². The van der Waals surface area contributed by atoms with Gasteiger partial charge in [-0.15, -0.1) is 0 Å². The third-order valence-electron chi connectivity index (χ3n) is 3.02. The summed E-state index contributed by atoms with van der Waals surface area (Å²) in [5, 5.41) is 2.79. The highest BCUT2D eigenvalue weighted by molar-refractivity contribution is 6.30. The maximum Gasteiger partial charge on any atom is 0.387 e. The summed E-state index contributed by atoms with van der Waals surface area (Å²) in [5.41, 5.74) is 0.735. The summed E-state index contributed by atoms with van der Waals surface area (Å²) in [6.07, 6.45) is 0.468. The van der Waals surface area contributed by atoms with Gasteiger partial charge in [0, 0.05) is 11.6 Å². The number of rotatable bonds is 6. The van der Waals surface area contributed by atoms with E-state index in [9.17, 15) is 18.0 Å². The van der Waals surface area contributed by atoms with Gasteiger partial charge in [-0.05, 0) is 42.3 Å². The smallest absolute Gasteiger partial charge is 0.387 e. The van der Waals surface area contributed by atoms with Crippen LogP contribution in [-0.2, 0) is 6.42 Å². The largest absolute Gasteiger partial charge is 0.435 e. The lowest BCUT2D eigenvalue weighted by Gasteiger charge is -2.08. The number of ether oxygens (including phenoxy) is 1. The van der Waals surface area contributed by atoms with Crippen LogP contribution in [-0.4, -0.2) is 19.1 Å². The Labute approximate surface area is 136 Å². The quantitative estimate of drug-likeness (QED) is 0.859. The number of halogens is 4. The first kappa shape index (κ1) is 17.1. The van der Waals surface area contributed by atoms with E-state index in [1.54, 1.807) is 12.1 Å². The molecular formula is C16H13ClF3NO2. The van der Waals surface area contributed by atoms with E-state index in [0.29, 0.717) is 6.42 Å². The zero-order chi connectivity index (χ0) is 16.8. The Kier molecular flexibility index (Phi) is 5.87. The van der Waals surface area contributed by atoms with Crippen LogP contribution >= 0.6 is 11.6 Å². The van der Waals surface area contributed by atoms with Gasteiger partial charge in [-0.3, -0.25) is 4.79 Å². The molecule has 23 heavy (non-hydrogen) atoms. The lowest BCUT2D eigenvalue weighted by Crippen LogP contribution is -2.26. The molecular weight excluding hydrogens is 331 g/mol. The van der Waals surface area contributed by atoms with Crippen molar-refractivity contribution in [1.29, 1.82) is 0 Å². The first-order chi connectivity index (χ1) is 11.0. The predicted octanol–water partition coefficient (Wildman–Crippen LogP) is 4.05. The minimum atomic E-state index is -2.87. The highest BCUT2D eigenvalue weighted by Gasteiger charge is 2.11. The molecule has 0 saturated carbocycles. The standard InChI is InChI=1S/C16H13ClF3NO2/c17-11-3-6-13(14(18)9-11)15(22)21-8-7-10-1-4-12(5-2-10)23-16(19)20/h1-6,9,16H,7-8H2,(H,21,22). The molecule has 0 radical (unpaired) electrons. The number of alkyl halides is 2. The SMILES string of the molecule is O=C(NCCc1ccc(OC(F)F)cc1)c1ccc(Cl)cc1F. The van der Waals surface area contributed by atoms with Crippen LogP contribution in [0.15, 0.2) is 42.5 Å². The number of hydrogen-bond donors (Lipinski definition) is 1. The van der Waals surface area contributed by atoms with Gasteiger partial charge in [-0.1, -0.05) is 23.7 Å². The van der Waals surface area contributed by atoms with Crippen molar-refractivity contribution in [3.05, 3.63) is 64.4 Å². The highest BCUT2D eigenvalue weighted by atomic mass is 35.5. The van der Waals surface area contributed by atoms with Crippen LogP contribution in [0.25, 0.3) is 0 Å². The van der Waals surface area contributed by atoms with Crippen molar-refractivity contribution in [3.63, 3.8) is 0 Å². The number of benzene rings is 2. The molecule has 0 fully saturated rings. The van der Waals surface area contributed by atoms with Gasteiger partial charge in [0.05, 0.1) is 5.56 Å². The number of carbonyl (C=O) groups is 1. The van der Waals surface area contributed by atoms with Crippen LogP contribution in [0, 0.1) is 5.82 Å². The number of hydrogen-bond acceptors (Lipinski definition) is 2. The molecule has 3 nitrogen and oxygen atoms in total. The molecule has 0 bridgehead atoms. The summed E-state index contributed by atoms with van der Waals surface area (Å²) in [6.45, 7) is -2.59. The van der Waals surface area contributed by atoms with Crippen molar-refractivity contribution in [2.24, 2.45) is 0 Å². The van der Waals surface area contributed by atoms with Crippen LogP contribution in [0.1, 0.15) is 15.9 Å². The molecule has 0 heterocycles. The molecule has 0 spiro atoms. The second-order valence-corrected chi connectivity index (χ2v) is 5.09. The van der Waals surface area contributed by atoms with E-state index >= 15 is 0 Å². The van der Waals surface area contributed by atoms with Gasteiger partial charge in [0.15, 0.2) is 0 Å². The van der Waals surface area contributed by atoms with E-state index in [2.05, 4.69) is 10.1 Å². The fraction of sp³-hybridized carbons (Fsp3) is 0.188. The van der Waals surface area contributed by atoms with Crippen molar-refractivity contribution >= 4 is 17.5 Å². The van der Waals surface area contributed by atoms with Gasteiger partial charge in [0.1, 0.15) is 11.6 Å². The number of carbonyl (C=O) groups excluding carboxylic acids is 1. The summed E-state index contributed by atoms with van der Waals surface area (Å²) < 4.78 is 41.9. The van der Waals surface area contributed by atoms with Gasteiger partial charge in [0.25, 0.3) is 5.91 Å². The first-order valence-electron chi connectivity index (χ1n) is 6.72. The molecule has 2 aromatic carbocycles. The predicted molar refractivity (Wildman–Crippen MR) is 80.5 cm³/mol. The van der Waals surface area contributed by atoms with E-state index in [1.165, 1.54) is 24.3 Å². The average molecular weight is 344 g/mol. The van der Waals surface area contributed by atoms with Crippen LogP contribution in [0.5, 0.6) is 5.75 Å². The minimum Gasteiger partial charge on any atom is -0.435 e. The Morgan fingerprint density at radius 2 is 1.87 bits per heavy atom. The summed E-state index contributed by atoms with van der Waals surface area (Å²) in [4.78, 5) is 11.8. The molecule has 0 atom stereocenters. The maximum atomic E-state index is 13.6. The van der Waals surface area contributed by atoms with Crippen LogP contribution < -0.4 is 10.1 Å². The molecule has 122 valence electrons. The summed E-state index contributed by atoms with van der Waals surface area (Å²) >= 11 is 5.62. The lowest BCUT2D eigenvalue weighted by atomic mass is 10.1. The molecule has 2 rings (SSSR count). The minimum absolute atomic E-state index is 0.0658. The molecule has 0 aliphatic heterocycles. The monoisotopic (exact) mass is 343 g/mol. The van der Waals surface area contributed by atoms with Crippen LogP contribution in [0.2, 0.25) is 5.02 Å². The van der Waals surface area contributed by atoms with Gasteiger partial charge in [0.2, 0.25) is 0 Å². The van der Waals surface area contributed by atoms with E-state index in [1.807, 2.05) is 0 Å². The number of nitrogens with one attached hydrogen (secondary N) is 1. The van der Waals surface area contributed by atoms with Gasteiger partial charge in [-0.25, -0.2) is 4.39 Å². The average Bonchev–Trinajstić information content (AvgIpc) is 2.48. The van der Waals surface area contributed by atoms with E-state index in [-0.39, 0.29) is 22.9 Å². The van der Waals surface area contributed by atoms with Gasteiger partial charge >= 0.3 is 6.61 Å². The zero-order valence-corrected chi connectivity index (χ0v) is 12.6. The molecule has 7 heteroatoms. The van der Waals surface area contributed by atoms with Crippen molar-refractivity contribution in [2.45, 2.75) is 13.0 Å². The molecule has 0 aromatic heterocycles. The van der Waals surface area contributed by atoms with E-state index < -0.39 is 18.3 Å². The Bertz CT molecular complexity index is 678. The zero-order valence-electron chi connectivity index (χ0n) is 11.9. The fourth-order valence-electron chi connectivity index (χ4n) is 1.93. The summed E-state index contributed by atoms with van der Waals surface area (Å²) in [5.74, 6) is -1.17. The Morgan fingerprint density at radius 1 is 1.17 bits per heavy atom. The third-order valence-corrected chi connectivity index (χ3v) is 3.26. The second-order valence-electron chi connectivity index (χ2n) is 4.65. The third kappa shape index (κ3) is 5.17. The van der Waals surface area contributed by atoms with Crippen molar-refractivity contribution < 1.29 is 22.7 Å². The first-order valence-corrected chi connectivity index (χ1v) is 7.10. The van der Waals surface area contributed by atoms with Crippen molar-refractivity contribution in [2.75, 3.05) is 6.54 Å². The molecule has 0 aliphatic carbocycles. The van der Waals surface area contributed by atoms with Crippen molar-refractivity contribution in [1.82, 2.24) is 5.32 Å². The Morgan fingerprint density at radius 3 is 2.48 bits per heavy atom. The molecule has 2 aromatic rings. The van der Waals surface area contributed by atoms with Crippen molar-refractivity contribution in [3.8, 4) is 5.75 Å². The fourth-order valence-corrected chi connectivity index (χ4v) is 2.09. The normalized spacial score (nSPS) is 10.7. The molecule has 0 aliphatic rings. The Balaban J connectivity index is 1.85. The molecule has 1 amide bonds. The van der Waals surface area contributed by atoms with Crippen LogP contribution in [0.3, 0.4) is 0 Å². The Hall–Kier alpha value is -2.21.